The van der Waals surface area contributed by atoms with Crippen molar-refractivity contribution in [1.82, 2.24) is 20.6 Å². The van der Waals surface area contributed by atoms with E-state index in [1.807, 2.05) is 31.2 Å². The Morgan fingerprint density at radius 2 is 1.51 bits per heavy atom. The predicted octanol–water partition coefficient (Wildman–Crippen LogP) is 5.61. The molecule has 0 saturated heterocycles. The van der Waals surface area contributed by atoms with Gasteiger partial charge >= 0.3 is 6.03 Å². The molecule has 0 radical (unpaired) electrons. The van der Waals surface area contributed by atoms with E-state index in [0.717, 1.165) is 31.2 Å². The number of nitrogens with zero attached hydrogens (tertiary/aromatic N) is 2. The topological polar surface area (TPSA) is 124 Å². The average Bonchev–Trinajstić information content (AvgIpc) is 2.98. The second-order valence-electron chi connectivity index (χ2n) is 10.0. The lowest BCUT2D eigenvalue weighted by Crippen LogP contribution is -2.44. The number of carbonyl (C=O) groups is 2. The zero-order chi connectivity index (χ0) is 28.8. The molecule has 1 heterocycles. The van der Waals surface area contributed by atoms with E-state index < -0.39 is 0 Å². The monoisotopic (exact) mass is 555 g/mol. The van der Waals surface area contributed by atoms with Crippen molar-refractivity contribution in [3.05, 3.63) is 78.1 Å². The smallest absolute Gasteiger partial charge is 0.319 e. The summed E-state index contributed by atoms with van der Waals surface area (Å²) in [5, 5.41) is 9.71. The van der Waals surface area contributed by atoms with Crippen LogP contribution in [0.2, 0.25) is 0 Å². The van der Waals surface area contributed by atoms with E-state index in [1.54, 1.807) is 50.6 Å². The molecule has 4 aromatic rings. The lowest BCUT2D eigenvalue weighted by molar-refractivity contribution is 0.0924. The highest BCUT2D eigenvalue weighted by Gasteiger charge is 2.24. The lowest BCUT2D eigenvalue weighted by Gasteiger charge is -2.29. The predicted molar refractivity (Wildman–Crippen MR) is 156 cm³/mol. The maximum atomic E-state index is 12.7. The van der Waals surface area contributed by atoms with Crippen LogP contribution in [-0.2, 0) is 0 Å². The van der Waals surface area contributed by atoms with Crippen LogP contribution in [0.4, 0.5) is 10.5 Å². The number of anilines is 1. The molecule has 5 rings (SSSR count). The number of aryl methyl sites for hydroxylation is 1. The molecule has 3 N–H and O–H groups in total. The molecule has 0 unspecified atom stereocenters. The zero-order valence-electron chi connectivity index (χ0n) is 23.3. The average molecular weight is 556 g/mol. The number of amides is 3. The molecule has 10 heteroatoms. The van der Waals surface area contributed by atoms with Crippen LogP contribution < -0.4 is 30.2 Å². The number of benzene rings is 3. The Labute approximate surface area is 238 Å². The summed E-state index contributed by atoms with van der Waals surface area (Å²) in [6, 6.07) is 18.0. The Morgan fingerprint density at radius 3 is 2.22 bits per heavy atom. The summed E-state index contributed by atoms with van der Waals surface area (Å²) < 4.78 is 16.8. The van der Waals surface area contributed by atoms with Crippen molar-refractivity contribution in [2.24, 2.45) is 0 Å². The molecule has 0 aliphatic heterocycles. The van der Waals surface area contributed by atoms with Crippen LogP contribution in [-0.4, -0.2) is 48.2 Å². The van der Waals surface area contributed by atoms with Gasteiger partial charge in [-0.05, 0) is 62.9 Å². The Morgan fingerprint density at radius 1 is 0.829 bits per heavy atom. The van der Waals surface area contributed by atoms with Gasteiger partial charge in [-0.1, -0.05) is 23.8 Å². The molecule has 0 atom stereocenters. The number of nitrogens with one attached hydrogen (secondary N) is 3. The van der Waals surface area contributed by atoms with Crippen LogP contribution in [0, 0.1) is 6.92 Å². The lowest BCUT2D eigenvalue weighted by atomic mass is 9.91. The second-order valence-corrected chi connectivity index (χ2v) is 10.0. The van der Waals surface area contributed by atoms with Crippen molar-refractivity contribution in [2.75, 3.05) is 19.5 Å². The molecule has 1 saturated carbocycles. The van der Waals surface area contributed by atoms with E-state index in [9.17, 15) is 9.59 Å². The molecular formula is C31H33N5O5. The van der Waals surface area contributed by atoms with E-state index in [1.165, 1.54) is 6.33 Å². The summed E-state index contributed by atoms with van der Waals surface area (Å²) in [5.41, 5.74) is 3.00. The molecule has 0 bridgehead atoms. The van der Waals surface area contributed by atoms with Gasteiger partial charge in [0.2, 0.25) is 5.88 Å². The van der Waals surface area contributed by atoms with Gasteiger partial charge in [-0.3, -0.25) is 4.79 Å². The number of urea groups is 1. The Hall–Kier alpha value is -4.86. The first-order chi connectivity index (χ1) is 19.9. The Kier molecular flexibility index (Phi) is 8.47. The van der Waals surface area contributed by atoms with E-state index >= 15 is 0 Å². The second kappa shape index (κ2) is 12.5. The van der Waals surface area contributed by atoms with Gasteiger partial charge < -0.3 is 30.2 Å². The summed E-state index contributed by atoms with van der Waals surface area (Å²) in [5.74, 6) is 1.89. The standard InChI is InChI=1S/C31H33N5O5/c1-19-7-9-20(10-8-19)29(37)34-21-11-13-22(14-12-21)35-31(38)36-23-5-4-6-24(15-23)41-30-25-16-27(39-2)28(40-3)17-26(25)32-18-33-30/h4-10,15-18,21-22H,11-14H2,1-3H3,(H,34,37)(H2,35,36,38). The van der Waals surface area contributed by atoms with Crippen molar-refractivity contribution >= 4 is 28.5 Å². The fraction of sp³-hybridized carbons (Fsp3) is 0.290. The molecule has 1 aromatic heterocycles. The van der Waals surface area contributed by atoms with Crippen molar-refractivity contribution in [3.63, 3.8) is 0 Å². The van der Waals surface area contributed by atoms with Crippen molar-refractivity contribution < 1.29 is 23.8 Å². The first-order valence-electron chi connectivity index (χ1n) is 13.5. The quantitative estimate of drug-likeness (QED) is 0.258. The number of aromatic nitrogens is 2. The third-order valence-electron chi connectivity index (χ3n) is 7.12. The largest absolute Gasteiger partial charge is 0.493 e. The van der Waals surface area contributed by atoms with Crippen molar-refractivity contribution in [3.8, 4) is 23.1 Å². The number of methoxy groups -OCH3 is 2. The van der Waals surface area contributed by atoms with Gasteiger partial charge in [-0.15, -0.1) is 0 Å². The highest BCUT2D eigenvalue weighted by atomic mass is 16.5. The van der Waals surface area contributed by atoms with E-state index in [4.69, 9.17) is 14.2 Å². The van der Waals surface area contributed by atoms with Crippen molar-refractivity contribution in [2.45, 2.75) is 44.7 Å². The number of rotatable bonds is 8. The molecule has 3 aromatic carbocycles. The van der Waals surface area contributed by atoms with Gasteiger partial charge in [-0.25, -0.2) is 14.8 Å². The van der Waals surface area contributed by atoms with Gasteiger partial charge in [0.05, 0.1) is 25.1 Å². The van der Waals surface area contributed by atoms with E-state index in [-0.39, 0.29) is 24.0 Å². The van der Waals surface area contributed by atoms with Gasteiger partial charge in [0.1, 0.15) is 12.1 Å². The number of ether oxygens (including phenoxy) is 3. The minimum Gasteiger partial charge on any atom is -0.493 e. The Bertz CT molecular complexity index is 1530. The third kappa shape index (κ3) is 6.84. The van der Waals surface area contributed by atoms with Crippen LogP contribution in [0.5, 0.6) is 23.1 Å². The fourth-order valence-electron chi connectivity index (χ4n) is 4.90. The molecule has 41 heavy (non-hydrogen) atoms. The number of hydrogen-bond donors (Lipinski definition) is 3. The molecule has 212 valence electrons. The normalized spacial score (nSPS) is 16.5. The van der Waals surface area contributed by atoms with E-state index in [2.05, 4.69) is 25.9 Å². The van der Waals surface area contributed by atoms with Crippen LogP contribution in [0.3, 0.4) is 0 Å². The van der Waals surface area contributed by atoms with Gasteiger partial charge in [0, 0.05) is 35.5 Å². The number of hydrogen-bond acceptors (Lipinski definition) is 7. The molecule has 0 spiro atoms. The molecule has 3 amide bonds. The minimum atomic E-state index is -0.293. The molecule has 1 aliphatic rings. The van der Waals surface area contributed by atoms with Crippen LogP contribution >= 0.6 is 0 Å². The number of fused-ring (bicyclic) bond motifs is 1. The summed E-state index contributed by atoms with van der Waals surface area (Å²) >= 11 is 0. The van der Waals surface area contributed by atoms with Gasteiger partial charge in [0.25, 0.3) is 5.91 Å². The van der Waals surface area contributed by atoms with Crippen LogP contribution in [0.1, 0.15) is 41.6 Å². The highest BCUT2D eigenvalue weighted by molar-refractivity contribution is 5.94. The summed E-state index contributed by atoms with van der Waals surface area (Å²) in [6.45, 7) is 1.99. The Balaban J connectivity index is 1.15. The van der Waals surface area contributed by atoms with E-state index in [0.29, 0.717) is 45.3 Å². The molecular weight excluding hydrogens is 522 g/mol. The third-order valence-corrected chi connectivity index (χ3v) is 7.12. The summed E-state index contributed by atoms with van der Waals surface area (Å²) in [4.78, 5) is 33.9. The highest BCUT2D eigenvalue weighted by Crippen LogP contribution is 2.36. The van der Waals surface area contributed by atoms with Crippen molar-refractivity contribution in [1.29, 1.82) is 0 Å². The summed E-state index contributed by atoms with van der Waals surface area (Å²) in [7, 11) is 3.12. The SMILES string of the molecule is COc1cc2ncnc(Oc3cccc(NC(=O)NC4CCC(NC(=O)c5ccc(C)cc5)CC4)c3)c2cc1OC. The first-order valence-corrected chi connectivity index (χ1v) is 13.5. The van der Waals surface area contributed by atoms with Gasteiger partial charge in [0.15, 0.2) is 11.5 Å². The minimum absolute atomic E-state index is 0.0290. The fourth-order valence-corrected chi connectivity index (χ4v) is 4.90. The number of carbonyl (C=O) groups excluding carboxylic acids is 2. The van der Waals surface area contributed by atoms with Gasteiger partial charge in [-0.2, -0.15) is 0 Å². The molecule has 1 aliphatic carbocycles. The summed E-state index contributed by atoms with van der Waals surface area (Å²) in [6.07, 6.45) is 4.58. The van der Waals surface area contributed by atoms with Crippen LogP contribution in [0.15, 0.2) is 67.0 Å². The maximum Gasteiger partial charge on any atom is 0.319 e. The maximum absolute atomic E-state index is 12.7. The zero-order valence-corrected chi connectivity index (χ0v) is 23.3. The molecule has 1 fully saturated rings. The first kappa shape index (κ1) is 27.7. The molecule has 10 nitrogen and oxygen atoms in total. The van der Waals surface area contributed by atoms with Crippen LogP contribution in [0.25, 0.3) is 10.9 Å².